The molecular weight excluding hydrogens is 292 g/mol. The number of aliphatic hydroxyl groups is 1. The molecule has 0 spiro atoms. The number of nitrogens with one attached hydrogen (secondary N) is 1. The molecule has 1 saturated heterocycles. The average molecular weight is 318 g/mol. The largest absolute Gasteiger partial charge is 0.392 e. The summed E-state index contributed by atoms with van der Waals surface area (Å²) in [5, 5.41) is 12.9. The van der Waals surface area contributed by atoms with Gasteiger partial charge in [-0.25, -0.2) is 9.97 Å². The molecule has 0 radical (unpaired) electrons. The van der Waals surface area contributed by atoms with E-state index in [1.54, 1.807) is 0 Å². The van der Waals surface area contributed by atoms with Crippen molar-refractivity contribution in [3.8, 4) is 0 Å². The molecule has 0 unspecified atom stereocenters. The summed E-state index contributed by atoms with van der Waals surface area (Å²) in [6.07, 6.45) is 4.54. The number of hydrogen-bond acceptors (Lipinski definition) is 5. The van der Waals surface area contributed by atoms with Gasteiger partial charge in [0.2, 0.25) is 5.91 Å². The molecule has 2 heterocycles. The smallest absolute Gasteiger partial charge is 0.227 e. The number of hydrogen-bond donors (Lipinski definition) is 2. The topological polar surface area (TPSA) is 78.4 Å². The summed E-state index contributed by atoms with van der Waals surface area (Å²) in [7, 11) is 1.97. The van der Waals surface area contributed by atoms with E-state index in [1.165, 1.54) is 18.4 Å². The van der Waals surface area contributed by atoms with E-state index in [1.807, 2.05) is 14.0 Å². The number of nitrogens with zero attached hydrogens (tertiary/aromatic N) is 3. The lowest BCUT2D eigenvalue weighted by Gasteiger charge is -2.32. The molecule has 3 rings (SSSR count). The minimum Gasteiger partial charge on any atom is -0.392 e. The van der Waals surface area contributed by atoms with Gasteiger partial charge in [-0.15, -0.1) is 0 Å². The fraction of sp³-hybridized carbons (Fsp3) is 0.706. The number of carbonyl (C=O) groups excluding carboxylic acids is 1. The van der Waals surface area contributed by atoms with Crippen LogP contribution in [0.3, 0.4) is 0 Å². The van der Waals surface area contributed by atoms with Gasteiger partial charge >= 0.3 is 0 Å². The van der Waals surface area contributed by atoms with Crippen molar-refractivity contribution in [2.75, 3.05) is 20.1 Å². The summed E-state index contributed by atoms with van der Waals surface area (Å²) in [6, 6.07) is 0. The van der Waals surface area contributed by atoms with Crippen LogP contribution in [-0.2, 0) is 24.2 Å². The minimum absolute atomic E-state index is 0.108. The molecule has 1 fully saturated rings. The maximum absolute atomic E-state index is 12.3. The van der Waals surface area contributed by atoms with Gasteiger partial charge in [0.1, 0.15) is 5.82 Å². The molecule has 6 heteroatoms. The number of fused-ring (bicyclic) bond motifs is 1. The first-order valence-electron chi connectivity index (χ1n) is 8.54. The SMILES string of the molecule is Cc1nc(CNC(=O)[C@@H]2CN(C)CC[C@@H]2O)nc2c1CCCC2. The van der Waals surface area contributed by atoms with Crippen molar-refractivity contribution in [3.63, 3.8) is 0 Å². The summed E-state index contributed by atoms with van der Waals surface area (Å²) < 4.78 is 0. The van der Waals surface area contributed by atoms with Crippen molar-refractivity contribution in [2.45, 2.75) is 51.7 Å². The highest BCUT2D eigenvalue weighted by atomic mass is 16.3. The highest BCUT2D eigenvalue weighted by molar-refractivity contribution is 5.79. The third-order valence-electron chi connectivity index (χ3n) is 4.97. The van der Waals surface area contributed by atoms with Gasteiger partial charge in [0.05, 0.1) is 18.6 Å². The second-order valence-corrected chi connectivity index (χ2v) is 6.80. The van der Waals surface area contributed by atoms with Crippen LogP contribution in [0.2, 0.25) is 0 Å². The van der Waals surface area contributed by atoms with E-state index in [9.17, 15) is 9.90 Å². The summed E-state index contributed by atoms with van der Waals surface area (Å²) >= 11 is 0. The molecular formula is C17H26N4O2. The van der Waals surface area contributed by atoms with E-state index in [2.05, 4.69) is 20.2 Å². The van der Waals surface area contributed by atoms with Crippen LogP contribution in [-0.4, -0.2) is 52.1 Å². The molecule has 1 aliphatic carbocycles. The van der Waals surface area contributed by atoms with Crippen LogP contribution in [0, 0.1) is 12.8 Å². The van der Waals surface area contributed by atoms with Crippen molar-refractivity contribution < 1.29 is 9.90 Å². The van der Waals surface area contributed by atoms with Crippen LogP contribution in [0.4, 0.5) is 0 Å². The number of carbonyl (C=O) groups is 1. The molecule has 1 aromatic heterocycles. The van der Waals surface area contributed by atoms with Gasteiger partial charge in [0.25, 0.3) is 0 Å². The number of likely N-dealkylation sites (tertiary alicyclic amines) is 1. The lowest BCUT2D eigenvalue weighted by atomic mass is 9.94. The molecule has 1 amide bonds. The molecule has 2 atom stereocenters. The Labute approximate surface area is 137 Å². The number of aromatic nitrogens is 2. The number of amides is 1. The van der Waals surface area contributed by atoms with E-state index < -0.39 is 6.10 Å². The minimum atomic E-state index is -0.558. The maximum Gasteiger partial charge on any atom is 0.227 e. The van der Waals surface area contributed by atoms with E-state index in [-0.39, 0.29) is 11.8 Å². The van der Waals surface area contributed by atoms with Crippen LogP contribution in [0.15, 0.2) is 0 Å². The standard InChI is InChI=1S/C17H26N4O2/c1-11-12-5-3-4-6-14(12)20-16(19-11)9-18-17(23)13-10-21(2)8-7-15(13)22/h13,15,22H,3-10H2,1-2H3,(H,18,23)/t13-,15+/m1/s1. The first kappa shape index (κ1) is 16.3. The van der Waals surface area contributed by atoms with Crippen molar-refractivity contribution in [2.24, 2.45) is 5.92 Å². The zero-order chi connectivity index (χ0) is 16.4. The Balaban J connectivity index is 1.64. The predicted octanol–water partition coefficient (Wildman–Crippen LogP) is 0.593. The Kier molecular flexibility index (Phi) is 4.92. The highest BCUT2D eigenvalue weighted by Crippen LogP contribution is 2.21. The van der Waals surface area contributed by atoms with Gasteiger partial charge in [-0.2, -0.15) is 0 Å². The Morgan fingerprint density at radius 1 is 1.35 bits per heavy atom. The van der Waals surface area contributed by atoms with E-state index in [0.29, 0.717) is 25.3 Å². The summed E-state index contributed by atoms with van der Waals surface area (Å²) in [5.41, 5.74) is 3.47. The van der Waals surface area contributed by atoms with Crippen LogP contribution in [0.5, 0.6) is 0 Å². The van der Waals surface area contributed by atoms with E-state index >= 15 is 0 Å². The van der Waals surface area contributed by atoms with Crippen LogP contribution in [0.25, 0.3) is 0 Å². The van der Waals surface area contributed by atoms with E-state index in [4.69, 9.17) is 0 Å². The lowest BCUT2D eigenvalue weighted by molar-refractivity contribution is -0.131. The molecule has 0 bridgehead atoms. The fourth-order valence-electron chi connectivity index (χ4n) is 3.58. The zero-order valence-electron chi connectivity index (χ0n) is 14.0. The molecule has 2 N–H and O–H groups in total. The van der Waals surface area contributed by atoms with Crippen molar-refractivity contribution in [3.05, 3.63) is 22.8 Å². The molecule has 0 saturated carbocycles. The Morgan fingerprint density at radius 3 is 2.96 bits per heavy atom. The Morgan fingerprint density at radius 2 is 2.13 bits per heavy atom. The summed E-state index contributed by atoms with van der Waals surface area (Å²) in [4.78, 5) is 23.6. The molecule has 23 heavy (non-hydrogen) atoms. The maximum atomic E-state index is 12.3. The Bertz CT molecular complexity index is 590. The van der Waals surface area contributed by atoms with Crippen LogP contribution in [0.1, 0.15) is 42.0 Å². The van der Waals surface area contributed by atoms with Crippen molar-refractivity contribution >= 4 is 5.91 Å². The molecule has 2 aliphatic rings. The number of rotatable bonds is 3. The number of aliphatic hydroxyl groups excluding tert-OH is 1. The monoisotopic (exact) mass is 318 g/mol. The second-order valence-electron chi connectivity index (χ2n) is 6.80. The molecule has 1 aliphatic heterocycles. The molecule has 126 valence electrons. The molecule has 1 aromatic rings. The van der Waals surface area contributed by atoms with Gasteiger partial charge < -0.3 is 15.3 Å². The number of piperidine rings is 1. The normalized spacial score (nSPS) is 25.0. The van der Waals surface area contributed by atoms with Gasteiger partial charge in [-0.1, -0.05) is 0 Å². The first-order valence-corrected chi connectivity index (χ1v) is 8.54. The predicted molar refractivity (Wildman–Crippen MR) is 86.9 cm³/mol. The first-order chi connectivity index (χ1) is 11.0. The number of aryl methyl sites for hydroxylation is 2. The molecule has 0 aromatic carbocycles. The van der Waals surface area contributed by atoms with Crippen LogP contribution < -0.4 is 5.32 Å². The van der Waals surface area contributed by atoms with Crippen molar-refractivity contribution in [1.82, 2.24) is 20.2 Å². The fourth-order valence-corrected chi connectivity index (χ4v) is 3.58. The zero-order valence-corrected chi connectivity index (χ0v) is 14.0. The summed E-state index contributed by atoms with van der Waals surface area (Å²) in [6.45, 7) is 3.78. The van der Waals surface area contributed by atoms with Gasteiger partial charge in [0.15, 0.2) is 0 Å². The van der Waals surface area contributed by atoms with E-state index in [0.717, 1.165) is 30.8 Å². The van der Waals surface area contributed by atoms with Gasteiger partial charge in [-0.05, 0) is 51.6 Å². The highest BCUT2D eigenvalue weighted by Gasteiger charge is 2.31. The summed E-state index contributed by atoms with van der Waals surface area (Å²) in [5.74, 6) is 0.200. The van der Waals surface area contributed by atoms with Crippen LogP contribution >= 0.6 is 0 Å². The van der Waals surface area contributed by atoms with Crippen molar-refractivity contribution in [1.29, 1.82) is 0 Å². The second kappa shape index (κ2) is 6.93. The third kappa shape index (κ3) is 3.70. The van der Waals surface area contributed by atoms with Gasteiger partial charge in [-0.3, -0.25) is 4.79 Å². The van der Waals surface area contributed by atoms with Gasteiger partial charge in [0, 0.05) is 24.5 Å². The third-order valence-corrected chi connectivity index (χ3v) is 4.97. The lowest BCUT2D eigenvalue weighted by Crippen LogP contribution is -2.48. The quantitative estimate of drug-likeness (QED) is 0.853. The Hall–Kier alpha value is -1.53. The average Bonchev–Trinajstić information content (AvgIpc) is 2.55. The molecule has 6 nitrogen and oxygen atoms in total.